The Kier molecular flexibility index (Phi) is 4.82. The molecule has 1 unspecified atom stereocenters. The molecule has 1 atom stereocenters. The molecule has 0 aromatic carbocycles. The highest BCUT2D eigenvalue weighted by Crippen LogP contribution is 2.48. The Labute approximate surface area is 135 Å². The first-order valence-corrected chi connectivity index (χ1v) is 8.04. The summed E-state index contributed by atoms with van der Waals surface area (Å²) in [7, 11) is 1.62. The third-order valence-electron chi connectivity index (χ3n) is 4.85. The molecule has 3 heterocycles. The van der Waals surface area contributed by atoms with Gasteiger partial charge in [-0.05, 0) is 19.8 Å². The van der Waals surface area contributed by atoms with Gasteiger partial charge in [-0.15, -0.1) is 0 Å². The van der Waals surface area contributed by atoms with E-state index in [1.165, 1.54) is 0 Å². The molecule has 0 radical (unpaired) electrons. The van der Waals surface area contributed by atoms with Crippen molar-refractivity contribution in [2.75, 3.05) is 46.6 Å². The van der Waals surface area contributed by atoms with Gasteiger partial charge in [0, 0.05) is 45.4 Å². The van der Waals surface area contributed by atoms with Gasteiger partial charge in [0.25, 0.3) is 0 Å². The predicted molar refractivity (Wildman–Crippen MR) is 81.1 cm³/mol. The van der Waals surface area contributed by atoms with Gasteiger partial charge in [0.05, 0.1) is 12.5 Å². The standard InChI is InChI=1S/C15H24N4O4/c1-11-17-13(23-18-11)12-9-19(14(20)16-5-8-21-2)10-15(12)3-6-22-7-4-15/h12H,3-10H2,1-2H3,(H,16,20). The van der Waals surface area contributed by atoms with Crippen molar-refractivity contribution in [2.24, 2.45) is 5.41 Å². The summed E-state index contributed by atoms with van der Waals surface area (Å²) in [6.45, 7) is 5.54. The number of nitrogens with one attached hydrogen (secondary N) is 1. The summed E-state index contributed by atoms with van der Waals surface area (Å²) in [5.41, 5.74) is -0.0319. The minimum absolute atomic E-state index is 0.0319. The van der Waals surface area contributed by atoms with Gasteiger partial charge in [-0.1, -0.05) is 5.16 Å². The molecule has 1 N–H and O–H groups in total. The van der Waals surface area contributed by atoms with Crippen LogP contribution in [0.25, 0.3) is 0 Å². The molecule has 2 amide bonds. The lowest BCUT2D eigenvalue weighted by Gasteiger charge is -2.36. The molecule has 128 valence electrons. The molecule has 8 heteroatoms. The van der Waals surface area contributed by atoms with Crippen molar-refractivity contribution in [3.8, 4) is 0 Å². The zero-order valence-corrected chi connectivity index (χ0v) is 13.7. The highest BCUT2D eigenvalue weighted by atomic mass is 16.5. The summed E-state index contributed by atoms with van der Waals surface area (Å²) in [6.07, 6.45) is 1.81. The highest BCUT2D eigenvalue weighted by Gasteiger charge is 2.51. The smallest absolute Gasteiger partial charge is 0.317 e. The van der Waals surface area contributed by atoms with Crippen molar-refractivity contribution in [3.05, 3.63) is 11.7 Å². The van der Waals surface area contributed by atoms with Gasteiger partial charge in [-0.2, -0.15) is 4.98 Å². The number of hydrogen-bond acceptors (Lipinski definition) is 6. The van der Waals surface area contributed by atoms with Gasteiger partial charge < -0.3 is 24.2 Å². The summed E-state index contributed by atoms with van der Waals surface area (Å²) in [5.74, 6) is 1.34. The predicted octanol–water partition coefficient (Wildman–Crippen LogP) is 0.930. The largest absolute Gasteiger partial charge is 0.383 e. The van der Waals surface area contributed by atoms with Crippen molar-refractivity contribution in [3.63, 3.8) is 0 Å². The number of methoxy groups -OCH3 is 1. The maximum absolute atomic E-state index is 12.4. The number of likely N-dealkylation sites (tertiary alicyclic amines) is 1. The molecule has 1 aromatic rings. The van der Waals surface area contributed by atoms with Crippen molar-refractivity contribution < 1.29 is 18.8 Å². The number of amides is 2. The van der Waals surface area contributed by atoms with Crippen LogP contribution >= 0.6 is 0 Å². The molecule has 1 aromatic heterocycles. The summed E-state index contributed by atoms with van der Waals surface area (Å²) in [5, 5.41) is 6.81. The van der Waals surface area contributed by atoms with Crippen molar-refractivity contribution in [1.82, 2.24) is 20.4 Å². The van der Waals surface area contributed by atoms with Crippen LogP contribution in [0.15, 0.2) is 4.52 Å². The van der Waals surface area contributed by atoms with Crippen LogP contribution in [-0.4, -0.2) is 67.6 Å². The third-order valence-corrected chi connectivity index (χ3v) is 4.85. The number of nitrogens with zero attached hydrogens (tertiary/aromatic N) is 3. The second-order valence-electron chi connectivity index (χ2n) is 6.31. The Morgan fingerprint density at radius 3 is 2.91 bits per heavy atom. The van der Waals surface area contributed by atoms with Gasteiger partial charge in [-0.3, -0.25) is 0 Å². The van der Waals surface area contributed by atoms with E-state index < -0.39 is 0 Å². The molecule has 2 aliphatic rings. The molecular formula is C15H24N4O4. The Hall–Kier alpha value is -1.67. The molecule has 0 aliphatic carbocycles. The first kappa shape index (κ1) is 16.2. The number of urea groups is 1. The zero-order valence-electron chi connectivity index (χ0n) is 13.7. The first-order chi connectivity index (χ1) is 11.1. The molecule has 23 heavy (non-hydrogen) atoms. The Morgan fingerprint density at radius 1 is 1.48 bits per heavy atom. The van der Waals surface area contributed by atoms with Gasteiger partial charge in [0.15, 0.2) is 5.82 Å². The fraction of sp³-hybridized carbons (Fsp3) is 0.800. The molecule has 0 bridgehead atoms. The van der Waals surface area contributed by atoms with E-state index in [-0.39, 0.29) is 17.4 Å². The van der Waals surface area contributed by atoms with Crippen molar-refractivity contribution >= 4 is 6.03 Å². The van der Waals surface area contributed by atoms with Crippen LogP contribution < -0.4 is 5.32 Å². The summed E-state index contributed by atoms with van der Waals surface area (Å²) >= 11 is 0. The van der Waals surface area contributed by atoms with Crippen LogP contribution in [0.1, 0.15) is 30.5 Å². The fourth-order valence-corrected chi connectivity index (χ4v) is 3.57. The van der Waals surface area contributed by atoms with Crippen LogP contribution in [0, 0.1) is 12.3 Å². The minimum atomic E-state index is -0.0633. The van der Waals surface area contributed by atoms with E-state index in [0.29, 0.717) is 51.2 Å². The quantitative estimate of drug-likeness (QED) is 0.829. The third kappa shape index (κ3) is 3.32. The maximum atomic E-state index is 12.4. The Morgan fingerprint density at radius 2 is 2.26 bits per heavy atom. The van der Waals surface area contributed by atoms with Crippen LogP contribution in [0.4, 0.5) is 4.79 Å². The van der Waals surface area contributed by atoms with Crippen LogP contribution in [0.3, 0.4) is 0 Å². The molecule has 3 rings (SSSR count). The van der Waals surface area contributed by atoms with Crippen LogP contribution in [-0.2, 0) is 9.47 Å². The summed E-state index contributed by atoms with van der Waals surface area (Å²) in [4.78, 5) is 18.7. The lowest BCUT2D eigenvalue weighted by molar-refractivity contribution is 0.00941. The van der Waals surface area contributed by atoms with Crippen molar-refractivity contribution in [2.45, 2.75) is 25.7 Å². The van der Waals surface area contributed by atoms with Crippen LogP contribution in [0.5, 0.6) is 0 Å². The number of aromatic nitrogens is 2. The van der Waals surface area contributed by atoms with Crippen LogP contribution in [0.2, 0.25) is 0 Å². The lowest BCUT2D eigenvalue weighted by Crippen LogP contribution is -2.42. The number of carbonyl (C=O) groups excluding carboxylic acids is 1. The lowest BCUT2D eigenvalue weighted by atomic mass is 9.72. The van der Waals surface area contributed by atoms with E-state index in [9.17, 15) is 4.79 Å². The molecular weight excluding hydrogens is 300 g/mol. The molecule has 2 aliphatic heterocycles. The molecule has 8 nitrogen and oxygen atoms in total. The Bertz CT molecular complexity index is 541. The normalized spacial score (nSPS) is 23.4. The molecule has 2 fully saturated rings. The number of ether oxygens (including phenoxy) is 2. The molecule has 0 saturated carbocycles. The van der Waals surface area contributed by atoms with E-state index in [4.69, 9.17) is 14.0 Å². The zero-order chi connectivity index (χ0) is 16.3. The second-order valence-corrected chi connectivity index (χ2v) is 6.31. The van der Waals surface area contributed by atoms with E-state index in [1.807, 2.05) is 11.8 Å². The highest BCUT2D eigenvalue weighted by molar-refractivity contribution is 5.74. The molecule has 1 spiro atoms. The van der Waals surface area contributed by atoms with E-state index >= 15 is 0 Å². The van der Waals surface area contributed by atoms with Gasteiger partial charge in [0.2, 0.25) is 5.89 Å². The monoisotopic (exact) mass is 324 g/mol. The van der Waals surface area contributed by atoms with Gasteiger partial charge in [0.1, 0.15) is 0 Å². The first-order valence-electron chi connectivity index (χ1n) is 8.04. The SMILES string of the molecule is COCCNC(=O)N1CC(c2nc(C)no2)C2(CCOCC2)C1. The number of hydrogen-bond donors (Lipinski definition) is 1. The van der Waals surface area contributed by atoms with Gasteiger partial charge >= 0.3 is 6.03 Å². The second kappa shape index (κ2) is 6.84. The number of rotatable bonds is 4. The summed E-state index contributed by atoms with van der Waals surface area (Å²) < 4.78 is 15.9. The number of carbonyl (C=O) groups is 1. The Balaban J connectivity index is 1.75. The van der Waals surface area contributed by atoms with E-state index in [0.717, 1.165) is 12.8 Å². The minimum Gasteiger partial charge on any atom is -0.383 e. The average Bonchev–Trinajstić information content (AvgIpc) is 3.12. The van der Waals surface area contributed by atoms with E-state index in [1.54, 1.807) is 7.11 Å². The van der Waals surface area contributed by atoms with E-state index in [2.05, 4.69) is 15.5 Å². The topological polar surface area (TPSA) is 89.7 Å². The van der Waals surface area contributed by atoms with Crippen molar-refractivity contribution in [1.29, 1.82) is 0 Å². The maximum Gasteiger partial charge on any atom is 0.317 e. The average molecular weight is 324 g/mol. The number of aryl methyl sites for hydroxylation is 1. The summed E-state index contributed by atoms with van der Waals surface area (Å²) in [6, 6.07) is -0.0633. The fourth-order valence-electron chi connectivity index (χ4n) is 3.57. The molecule has 2 saturated heterocycles. The van der Waals surface area contributed by atoms with Gasteiger partial charge in [-0.25, -0.2) is 4.79 Å².